The molecule has 0 amide bonds. The SMILES string of the molecule is Cc1cccc(C)c1.Cc1cccc(C)c1.Cc1cccc(N(c2cccc(C)c2)c2cccc(C)c2)c1. The van der Waals surface area contributed by atoms with Crippen molar-refractivity contribution < 1.29 is 0 Å². The monoisotopic (exact) mass is 499 g/mol. The highest BCUT2D eigenvalue weighted by molar-refractivity contribution is 5.77. The average Bonchev–Trinajstić information content (AvgIpc) is 2.85. The van der Waals surface area contributed by atoms with Gasteiger partial charge in [0.15, 0.2) is 0 Å². The lowest BCUT2D eigenvalue weighted by Crippen LogP contribution is -2.10. The molecule has 0 N–H and O–H groups in total. The predicted octanol–water partition coefficient (Wildman–Crippen LogP) is 10.7. The van der Waals surface area contributed by atoms with Crippen molar-refractivity contribution in [3.63, 3.8) is 0 Å². The topological polar surface area (TPSA) is 3.24 Å². The molecule has 0 bridgehead atoms. The highest BCUT2D eigenvalue weighted by Crippen LogP contribution is 2.35. The highest BCUT2D eigenvalue weighted by Gasteiger charge is 2.12. The van der Waals surface area contributed by atoms with Gasteiger partial charge in [0, 0.05) is 17.1 Å². The van der Waals surface area contributed by atoms with Gasteiger partial charge in [-0.15, -0.1) is 0 Å². The van der Waals surface area contributed by atoms with Crippen LogP contribution in [-0.2, 0) is 0 Å². The number of rotatable bonds is 3. The van der Waals surface area contributed by atoms with Crippen LogP contribution in [0, 0.1) is 48.5 Å². The van der Waals surface area contributed by atoms with Crippen LogP contribution in [-0.4, -0.2) is 0 Å². The third-order valence-corrected chi connectivity index (χ3v) is 6.13. The van der Waals surface area contributed by atoms with E-state index in [1.165, 1.54) is 56.0 Å². The van der Waals surface area contributed by atoms with Gasteiger partial charge in [-0.3, -0.25) is 0 Å². The fraction of sp³-hybridized carbons (Fsp3) is 0.189. The summed E-state index contributed by atoms with van der Waals surface area (Å²) in [5.41, 5.74) is 12.7. The average molecular weight is 500 g/mol. The minimum atomic E-state index is 1.19. The van der Waals surface area contributed by atoms with Crippen LogP contribution in [0.4, 0.5) is 17.1 Å². The summed E-state index contributed by atoms with van der Waals surface area (Å²) in [6.45, 7) is 14.8. The Bertz CT molecular complexity index is 1260. The van der Waals surface area contributed by atoms with Gasteiger partial charge in [-0.05, 0) is 102 Å². The molecule has 0 heterocycles. The molecule has 0 aromatic heterocycles. The summed E-state index contributed by atoms with van der Waals surface area (Å²) < 4.78 is 0. The lowest BCUT2D eigenvalue weighted by Gasteiger charge is -2.26. The van der Waals surface area contributed by atoms with Crippen molar-refractivity contribution in [2.75, 3.05) is 4.90 Å². The largest absolute Gasteiger partial charge is 0.310 e. The van der Waals surface area contributed by atoms with Crippen LogP contribution in [0.25, 0.3) is 0 Å². The van der Waals surface area contributed by atoms with E-state index in [-0.39, 0.29) is 0 Å². The lowest BCUT2D eigenvalue weighted by atomic mass is 10.1. The Labute approximate surface area is 230 Å². The summed E-state index contributed by atoms with van der Waals surface area (Å²) >= 11 is 0. The molecule has 0 aliphatic carbocycles. The molecule has 38 heavy (non-hydrogen) atoms. The first-order valence-electron chi connectivity index (χ1n) is 13.3. The second-order valence-corrected chi connectivity index (χ2v) is 10.2. The normalized spacial score (nSPS) is 9.97. The lowest BCUT2D eigenvalue weighted by molar-refractivity contribution is 1.25. The molecule has 0 spiro atoms. The van der Waals surface area contributed by atoms with E-state index < -0.39 is 0 Å². The summed E-state index contributed by atoms with van der Waals surface area (Å²) in [5.74, 6) is 0. The number of hydrogen-bond donors (Lipinski definition) is 0. The van der Waals surface area contributed by atoms with Crippen molar-refractivity contribution >= 4 is 17.1 Å². The molecule has 1 heteroatoms. The first-order chi connectivity index (χ1) is 18.2. The van der Waals surface area contributed by atoms with Crippen LogP contribution in [0.5, 0.6) is 0 Å². The van der Waals surface area contributed by atoms with Gasteiger partial charge in [-0.2, -0.15) is 0 Å². The Hall–Kier alpha value is -4.10. The van der Waals surface area contributed by atoms with Crippen LogP contribution in [0.2, 0.25) is 0 Å². The maximum atomic E-state index is 2.31. The maximum Gasteiger partial charge on any atom is 0.0464 e. The van der Waals surface area contributed by atoms with E-state index >= 15 is 0 Å². The van der Waals surface area contributed by atoms with Crippen LogP contribution in [0.3, 0.4) is 0 Å². The van der Waals surface area contributed by atoms with Crippen LogP contribution < -0.4 is 4.90 Å². The number of nitrogens with zero attached hydrogens (tertiary/aromatic N) is 1. The van der Waals surface area contributed by atoms with Crippen molar-refractivity contribution in [3.8, 4) is 0 Å². The summed E-state index contributed by atoms with van der Waals surface area (Å²) in [5, 5.41) is 0. The van der Waals surface area contributed by atoms with E-state index in [1.807, 2.05) is 0 Å². The second-order valence-electron chi connectivity index (χ2n) is 10.2. The Kier molecular flexibility index (Phi) is 10.5. The number of hydrogen-bond acceptors (Lipinski definition) is 1. The van der Waals surface area contributed by atoms with Gasteiger partial charge in [0.05, 0.1) is 0 Å². The van der Waals surface area contributed by atoms with Gasteiger partial charge in [0.25, 0.3) is 0 Å². The Balaban J connectivity index is 0.000000203. The molecule has 0 atom stereocenters. The smallest absolute Gasteiger partial charge is 0.0464 e. The zero-order valence-corrected chi connectivity index (χ0v) is 24.0. The van der Waals surface area contributed by atoms with Gasteiger partial charge < -0.3 is 4.90 Å². The molecule has 0 aliphatic heterocycles. The summed E-state index contributed by atoms with van der Waals surface area (Å²) in [6, 6.07) is 42.8. The Morgan fingerprint density at radius 3 is 0.684 bits per heavy atom. The van der Waals surface area contributed by atoms with E-state index in [1.54, 1.807) is 0 Å². The molecule has 0 radical (unpaired) electrons. The molecule has 5 rings (SSSR count). The van der Waals surface area contributed by atoms with Crippen molar-refractivity contribution in [2.45, 2.75) is 48.5 Å². The molecule has 0 saturated carbocycles. The van der Waals surface area contributed by atoms with E-state index in [0.717, 1.165) is 0 Å². The van der Waals surface area contributed by atoms with Crippen molar-refractivity contribution in [2.24, 2.45) is 0 Å². The van der Waals surface area contributed by atoms with E-state index in [0.29, 0.717) is 0 Å². The van der Waals surface area contributed by atoms with E-state index in [9.17, 15) is 0 Å². The Morgan fingerprint density at radius 2 is 0.500 bits per heavy atom. The fourth-order valence-corrected chi connectivity index (χ4v) is 4.36. The summed E-state index contributed by atoms with van der Waals surface area (Å²) in [7, 11) is 0. The third kappa shape index (κ3) is 9.09. The molecule has 5 aromatic carbocycles. The van der Waals surface area contributed by atoms with Gasteiger partial charge in [0.1, 0.15) is 0 Å². The quantitative estimate of drug-likeness (QED) is 0.239. The minimum Gasteiger partial charge on any atom is -0.310 e. The molecule has 194 valence electrons. The first-order valence-corrected chi connectivity index (χ1v) is 13.3. The number of anilines is 3. The van der Waals surface area contributed by atoms with Crippen LogP contribution in [0.1, 0.15) is 38.9 Å². The molecular weight excluding hydrogens is 458 g/mol. The molecule has 5 aromatic rings. The van der Waals surface area contributed by atoms with Crippen LogP contribution in [0.15, 0.2) is 121 Å². The number of aryl methyl sites for hydroxylation is 7. The number of benzene rings is 5. The van der Waals surface area contributed by atoms with Gasteiger partial charge >= 0.3 is 0 Å². The third-order valence-electron chi connectivity index (χ3n) is 6.13. The van der Waals surface area contributed by atoms with Gasteiger partial charge in [-0.1, -0.05) is 107 Å². The van der Waals surface area contributed by atoms with Gasteiger partial charge in [0.2, 0.25) is 0 Å². The highest BCUT2D eigenvalue weighted by atomic mass is 15.1. The fourth-order valence-electron chi connectivity index (χ4n) is 4.36. The molecule has 0 saturated heterocycles. The summed E-state index contributed by atoms with van der Waals surface area (Å²) in [6.07, 6.45) is 0. The molecular formula is C37H41N. The van der Waals surface area contributed by atoms with E-state index in [2.05, 4.69) is 175 Å². The standard InChI is InChI=1S/C21H21N.2C8H10/c1-16-7-4-10-19(13-16)22(20-11-5-8-17(2)14-20)21-12-6-9-18(3)15-21;2*1-7-4-3-5-8(2)6-7/h4-15H,1-3H3;2*3-6H,1-2H3. The second kappa shape index (κ2) is 14.0. The van der Waals surface area contributed by atoms with E-state index in [4.69, 9.17) is 0 Å². The molecule has 1 nitrogen and oxygen atoms in total. The predicted molar refractivity (Wildman–Crippen MR) is 167 cm³/mol. The van der Waals surface area contributed by atoms with Crippen LogP contribution >= 0.6 is 0 Å². The molecule has 0 unspecified atom stereocenters. The molecule has 0 fully saturated rings. The zero-order valence-electron chi connectivity index (χ0n) is 24.0. The van der Waals surface area contributed by atoms with Crippen molar-refractivity contribution in [1.82, 2.24) is 0 Å². The first kappa shape index (κ1) is 28.5. The van der Waals surface area contributed by atoms with Crippen molar-refractivity contribution in [3.05, 3.63) is 160 Å². The zero-order chi connectivity index (χ0) is 27.5. The maximum absolute atomic E-state index is 2.31. The molecule has 0 aliphatic rings. The van der Waals surface area contributed by atoms with Crippen molar-refractivity contribution in [1.29, 1.82) is 0 Å². The minimum absolute atomic E-state index is 1.19. The van der Waals surface area contributed by atoms with Gasteiger partial charge in [-0.25, -0.2) is 0 Å². The Morgan fingerprint density at radius 1 is 0.289 bits per heavy atom. The summed E-state index contributed by atoms with van der Waals surface area (Å²) in [4.78, 5) is 2.31.